The van der Waals surface area contributed by atoms with E-state index in [2.05, 4.69) is 9.72 Å². The van der Waals surface area contributed by atoms with Crippen LogP contribution in [0.4, 0.5) is 18.9 Å². The first-order valence-electron chi connectivity index (χ1n) is 10.4. The molecular weight excluding hydrogens is 501 g/mol. The first-order chi connectivity index (χ1) is 17.1. The van der Waals surface area contributed by atoms with E-state index in [1.165, 1.54) is 24.4 Å². The van der Waals surface area contributed by atoms with Gasteiger partial charge in [0.05, 0.1) is 11.3 Å². The smallest absolute Gasteiger partial charge is 0.503 e. The molecule has 3 heterocycles. The lowest BCUT2D eigenvalue weighted by Crippen LogP contribution is -2.31. The van der Waals surface area contributed by atoms with Gasteiger partial charge in [-0.25, -0.2) is 0 Å². The summed E-state index contributed by atoms with van der Waals surface area (Å²) in [7, 11) is 0. The first-order valence-corrected chi connectivity index (χ1v) is 10.8. The highest BCUT2D eigenvalue weighted by atomic mass is 35.5. The number of Topliss-reactive ketones (excluding diaryl/α,β-unsaturated/α-hetero) is 1. The zero-order chi connectivity index (χ0) is 25.6. The van der Waals surface area contributed by atoms with Crippen LogP contribution < -0.4 is 9.64 Å². The molecule has 0 saturated heterocycles. The number of carbonyl (C=O) groups excluding carboxylic acids is 2. The van der Waals surface area contributed by atoms with Crippen LogP contribution in [0.1, 0.15) is 22.3 Å². The maximum Gasteiger partial charge on any atom is 0.573 e. The molecule has 5 rings (SSSR count). The minimum absolute atomic E-state index is 0.107. The maximum atomic E-state index is 13.5. The Balaban J connectivity index is 1.58. The summed E-state index contributed by atoms with van der Waals surface area (Å²) in [5.74, 6) is -3.16. The molecule has 1 atom stereocenters. The fraction of sp³-hybridized carbons (Fsp3) is 0.0800. The molecule has 11 heteroatoms. The van der Waals surface area contributed by atoms with Crippen molar-refractivity contribution in [3.05, 3.63) is 101 Å². The number of alkyl halides is 3. The Morgan fingerprint density at radius 1 is 1.08 bits per heavy atom. The number of nitrogens with zero attached hydrogens (tertiary/aromatic N) is 2. The monoisotopic (exact) mass is 514 g/mol. The van der Waals surface area contributed by atoms with Gasteiger partial charge in [0.15, 0.2) is 11.5 Å². The number of carbonyl (C=O) groups is 2. The molecule has 0 fully saturated rings. The Bertz CT molecular complexity index is 1510. The van der Waals surface area contributed by atoms with E-state index in [1.54, 1.807) is 36.4 Å². The normalized spacial score (nSPS) is 16.2. The van der Waals surface area contributed by atoms with E-state index in [1.807, 2.05) is 0 Å². The van der Waals surface area contributed by atoms with Gasteiger partial charge in [0, 0.05) is 22.3 Å². The van der Waals surface area contributed by atoms with E-state index in [0.717, 1.165) is 17.0 Å². The largest absolute Gasteiger partial charge is 0.573 e. The highest BCUT2D eigenvalue weighted by molar-refractivity contribution is 6.31. The predicted molar refractivity (Wildman–Crippen MR) is 123 cm³/mol. The van der Waals surface area contributed by atoms with Gasteiger partial charge < -0.3 is 14.3 Å². The minimum Gasteiger partial charge on any atom is -0.503 e. The highest BCUT2D eigenvalue weighted by Crippen LogP contribution is 2.42. The summed E-state index contributed by atoms with van der Waals surface area (Å²) in [5, 5.41) is 11.8. The van der Waals surface area contributed by atoms with Crippen molar-refractivity contribution in [3.8, 4) is 5.75 Å². The van der Waals surface area contributed by atoms with Crippen LogP contribution in [0.2, 0.25) is 5.02 Å². The zero-order valence-electron chi connectivity index (χ0n) is 18.0. The number of halogens is 4. The molecule has 2 aromatic carbocycles. The van der Waals surface area contributed by atoms with Gasteiger partial charge in [-0.3, -0.25) is 19.5 Å². The van der Waals surface area contributed by atoms with Crippen LogP contribution in [0.5, 0.6) is 5.75 Å². The second-order valence-corrected chi connectivity index (χ2v) is 8.19. The predicted octanol–water partition coefficient (Wildman–Crippen LogP) is 6.16. The summed E-state index contributed by atoms with van der Waals surface area (Å²) in [6, 6.07) is 14.3. The van der Waals surface area contributed by atoms with Crippen molar-refractivity contribution < 1.29 is 37.0 Å². The zero-order valence-corrected chi connectivity index (χ0v) is 18.7. The van der Waals surface area contributed by atoms with Crippen LogP contribution in [0.15, 0.2) is 88.7 Å². The van der Waals surface area contributed by atoms with Crippen molar-refractivity contribution in [2.45, 2.75) is 12.4 Å². The lowest BCUT2D eigenvalue weighted by atomic mass is 9.98. The van der Waals surface area contributed by atoms with E-state index < -0.39 is 35.6 Å². The summed E-state index contributed by atoms with van der Waals surface area (Å²) in [6.07, 6.45) is -3.45. The topological polar surface area (TPSA) is 92.9 Å². The Labute approximate surface area is 206 Å². The number of aliphatic hydroxyl groups excluding tert-OH is 1. The van der Waals surface area contributed by atoms with Gasteiger partial charge in [-0.2, -0.15) is 0 Å². The third-order valence-corrected chi connectivity index (χ3v) is 5.71. The number of amides is 1. The Hall–Kier alpha value is -4.31. The van der Waals surface area contributed by atoms with E-state index in [4.69, 9.17) is 16.0 Å². The van der Waals surface area contributed by atoms with Gasteiger partial charge in [-0.05, 0) is 60.7 Å². The molecule has 0 bridgehead atoms. The number of aliphatic hydroxyl groups is 1. The third-order valence-electron chi connectivity index (χ3n) is 5.47. The van der Waals surface area contributed by atoms with Crippen LogP contribution >= 0.6 is 11.6 Å². The number of hydrogen-bond donors (Lipinski definition) is 1. The van der Waals surface area contributed by atoms with Crippen molar-refractivity contribution in [3.63, 3.8) is 0 Å². The number of furan rings is 1. The molecule has 0 saturated carbocycles. The van der Waals surface area contributed by atoms with Crippen LogP contribution in [-0.2, 0) is 4.79 Å². The molecular formula is C25H14ClF3N2O5. The number of hydrogen-bond acceptors (Lipinski definition) is 6. The molecule has 36 heavy (non-hydrogen) atoms. The van der Waals surface area contributed by atoms with Gasteiger partial charge in [0.1, 0.15) is 17.4 Å². The van der Waals surface area contributed by atoms with Crippen LogP contribution in [0.3, 0.4) is 0 Å². The summed E-state index contributed by atoms with van der Waals surface area (Å²) in [6.45, 7) is 0. The Kier molecular flexibility index (Phi) is 5.68. The molecule has 1 aliphatic heterocycles. The molecule has 182 valence electrons. The van der Waals surface area contributed by atoms with Crippen molar-refractivity contribution >= 4 is 39.9 Å². The Morgan fingerprint density at radius 2 is 1.83 bits per heavy atom. The van der Waals surface area contributed by atoms with Gasteiger partial charge in [-0.15, -0.1) is 13.2 Å². The van der Waals surface area contributed by atoms with E-state index >= 15 is 0 Å². The summed E-state index contributed by atoms with van der Waals surface area (Å²) in [4.78, 5) is 32.0. The number of ketones is 1. The van der Waals surface area contributed by atoms with Gasteiger partial charge in [-0.1, -0.05) is 17.7 Å². The number of anilines is 1. The Morgan fingerprint density at radius 3 is 2.50 bits per heavy atom. The second-order valence-electron chi connectivity index (χ2n) is 7.76. The number of ether oxygens (including phenoxy) is 1. The van der Waals surface area contributed by atoms with Crippen molar-refractivity contribution in [2.24, 2.45) is 0 Å². The van der Waals surface area contributed by atoms with Crippen LogP contribution in [-0.4, -0.2) is 28.1 Å². The SMILES string of the molecule is O=C(C1=C(O)C(=O)N(c2ccc(OC(F)(F)F)cc2)C1c1ccccn1)c1cc2cc(Cl)ccc2o1. The van der Waals surface area contributed by atoms with Crippen molar-refractivity contribution in [1.29, 1.82) is 0 Å². The molecule has 1 amide bonds. The third kappa shape index (κ3) is 4.27. The summed E-state index contributed by atoms with van der Waals surface area (Å²) >= 11 is 6.01. The molecule has 1 aliphatic rings. The molecule has 2 aromatic heterocycles. The summed E-state index contributed by atoms with van der Waals surface area (Å²) in [5.41, 5.74) is 0.432. The molecule has 0 radical (unpaired) electrons. The molecule has 4 aromatic rings. The molecule has 0 spiro atoms. The standard InChI is InChI=1S/C25H14ClF3N2O5/c26-14-4-9-18-13(11-14)12-19(35-18)22(32)20-21(17-3-1-2-10-30-17)31(24(34)23(20)33)15-5-7-16(8-6-15)36-25(27,28)29/h1-12,21,33H. The lowest BCUT2D eigenvalue weighted by Gasteiger charge is -2.26. The van der Waals surface area contributed by atoms with Gasteiger partial charge in [0.2, 0.25) is 5.78 Å². The first kappa shape index (κ1) is 23.4. The number of benzene rings is 2. The fourth-order valence-corrected chi connectivity index (χ4v) is 4.17. The molecule has 7 nitrogen and oxygen atoms in total. The number of pyridine rings is 1. The highest BCUT2D eigenvalue weighted by Gasteiger charge is 2.46. The average Bonchev–Trinajstić information content (AvgIpc) is 3.37. The molecule has 1 N–H and O–H groups in total. The van der Waals surface area contributed by atoms with Gasteiger partial charge >= 0.3 is 6.36 Å². The quantitative estimate of drug-likeness (QED) is 0.320. The number of aromatic nitrogens is 1. The molecule has 0 aliphatic carbocycles. The van der Waals surface area contributed by atoms with Crippen molar-refractivity contribution in [1.82, 2.24) is 4.98 Å². The maximum absolute atomic E-state index is 13.5. The lowest BCUT2D eigenvalue weighted by molar-refractivity contribution is -0.274. The fourth-order valence-electron chi connectivity index (χ4n) is 3.99. The number of fused-ring (bicyclic) bond motifs is 1. The van der Waals surface area contributed by atoms with Crippen LogP contribution in [0.25, 0.3) is 11.0 Å². The number of rotatable bonds is 5. The van der Waals surface area contributed by atoms with Gasteiger partial charge in [0.25, 0.3) is 5.91 Å². The summed E-state index contributed by atoms with van der Waals surface area (Å²) < 4.78 is 47.2. The van der Waals surface area contributed by atoms with Crippen LogP contribution in [0, 0.1) is 0 Å². The van der Waals surface area contributed by atoms with E-state index in [9.17, 15) is 27.9 Å². The second kappa shape index (κ2) is 8.72. The average molecular weight is 515 g/mol. The van der Waals surface area contributed by atoms with Crippen molar-refractivity contribution in [2.75, 3.05) is 4.90 Å². The van der Waals surface area contributed by atoms with E-state index in [0.29, 0.717) is 16.0 Å². The van der Waals surface area contributed by atoms with E-state index in [-0.39, 0.29) is 22.7 Å². The minimum atomic E-state index is -4.89. The molecule has 1 unspecified atom stereocenters.